The van der Waals surface area contributed by atoms with Crippen LogP contribution in [0, 0.1) is 0 Å². The minimum atomic E-state index is -0.232. The van der Waals surface area contributed by atoms with Crippen LogP contribution in [0.5, 0.6) is 5.75 Å². The molecule has 4 rings (SSSR count). The Balaban J connectivity index is 1.30. The zero-order valence-electron chi connectivity index (χ0n) is 17.9. The van der Waals surface area contributed by atoms with Crippen molar-refractivity contribution < 1.29 is 9.53 Å². The molecule has 0 aliphatic carbocycles. The van der Waals surface area contributed by atoms with Gasteiger partial charge in [0.05, 0.1) is 12.7 Å². The molecule has 1 amide bonds. The molecule has 2 aromatic carbocycles. The van der Waals surface area contributed by atoms with Gasteiger partial charge in [0.25, 0.3) is 0 Å². The normalized spacial score (nSPS) is 12.0. The second kappa shape index (κ2) is 8.55. The first-order valence-corrected chi connectivity index (χ1v) is 10.2. The fourth-order valence-electron chi connectivity index (χ4n) is 3.21. The van der Waals surface area contributed by atoms with E-state index in [1.807, 2.05) is 36.4 Å². The summed E-state index contributed by atoms with van der Waals surface area (Å²) in [7, 11) is 0. The third-order valence-electron chi connectivity index (χ3n) is 4.95. The van der Waals surface area contributed by atoms with Crippen molar-refractivity contribution in [2.24, 2.45) is 0 Å². The topological polar surface area (TPSA) is 81.4 Å². The molecule has 0 radical (unpaired) electrons. The van der Waals surface area contributed by atoms with Crippen LogP contribution in [0.1, 0.15) is 32.2 Å². The molecule has 2 aromatic heterocycles. The lowest BCUT2D eigenvalue weighted by atomic mass is 9.87. The molecule has 0 aliphatic heterocycles. The van der Waals surface area contributed by atoms with Crippen molar-refractivity contribution in [2.75, 3.05) is 13.2 Å². The quantitative estimate of drug-likeness (QED) is 0.383. The molecule has 0 saturated carbocycles. The Morgan fingerprint density at radius 2 is 1.87 bits per heavy atom. The van der Waals surface area contributed by atoms with Crippen LogP contribution in [0.15, 0.2) is 60.8 Å². The minimum Gasteiger partial charge on any atom is -0.492 e. The van der Waals surface area contributed by atoms with Gasteiger partial charge in [0, 0.05) is 16.8 Å². The smallest absolute Gasteiger partial charge is 0.244 e. The van der Waals surface area contributed by atoms with Gasteiger partial charge in [-0.3, -0.25) is 4.79 Å². The van der Waals surface area contributed by atoms with Crippen molar-refractivity contribution in [3.05, 3.63) is 72.2 Å². The van der Waals surface area contributed by atoms with Crippen LogP contribution in [0.2, 0.25) is 0 Å². The van der Waals surface area contributed by atoms with Crippen molar-refractivity contribution in [2.45, 2.75) is 26.2 Å². The zero-order valence-corrected chi connectivity index (χ0v) is 17.9. The highest BCUT2D eigenvalue weighted by Crippen LogP contribution is 2.24. The summed E-state index contributed by atoms with van der Waals surface area (Å²) in [5, 5.41) is 17.5. The third-order valence-corrected chi connectivity index (χ3v) is 4.95. The SMILES string of the molecule is CC(C)(C)c1ccc(OCCNC(=O)/C=C/c2nnc3c4ccccc4cnn23)cc1. The summed E-state index contributed by atoms with van der Waals surface area (Å²) < 4.78 is 7.32. The van der Waals surface area contributed by atoms with Crippen molar-refractivity contribution in [1.29, 1.82) is 0 Å². The van der Waals surface area contributed by atoms with E-state index in [9.17, 15) is 4.79 Å². The second-order valence-corrected chi connectivity index (χ2v) is 8.27. The summed E-state index contributed by atoms with van der Waals surface area (Å²) in [5.41, 5.74) is 2.02. The van der Waals surface area contributed by atoms with Gasteiger partial charge in [-0.1, -0.05) is 57.2 Å². The number of hydrogen-bond donors (Lipinski definition) is 1. The van der Waals surface area contributed by atoms with Crippen LogP contribution in [0.4, 0.5) is 0 Å². The first-order chi connectivity index (χ1) is 14.9. The van der Waals surface area contributed by atoms with Crippen LogP contribution >= 0.6 is 0 Å². The lowest BCUT2D eigenvalue weighted by Crippen LogP contribution is -2.26. The summed E-state index contributed by atoms with van der Waals surface area (Å²) in [5.74, 6) is 1.04. The maximum atomic E-state index is 12.1. The van der Waals surface area contributed by atoms with Gasteiger partial charge in [-0.25, -0.2) is 0 Å². The molecule has 0 atom stereocenters. The van der Waals surface area contributed by atoms with Gasteiger partial charge in [-0.15, -0.1) is 10.2 Å². The minimum absolute atomic E-state index is 0.108. The highest BCUT2D eigenvalue weighted by atomic mass is 16.5. The maximum absolute atomic E-state index is 12.1. The molecule has 0 fully saturated rings. The Morgan fingerprint density at radius 3 is 2.65 bits per heavy atom. The molecule has 4 aromatic rings. The molecule has 0 saturated heterocycles. The molecule has 31 heavy (non-hydrogen) atoms. The van der Waals surface area contributed by atoms with Gasteiger partial charge in [0.1, 0.15) is 12.4 Å². The third kappa shape index (κ3) is 4.71. The van der Waals surface area contributed by atoms with Crippen molar-refractivity contribution in [1.82, 2.24) is 25.1 Å². The van der Waals surface area contributed by atoms with E-state index in [1.54, 1.807) is 16.8 Å². The molecule has 0 unspecified atom stereocenters. The predicted octanol–water partition coefficient (Wildman–Crippen LogP) is 3.78. The lowest BCUT2D eigenvalue weighted by molar-refractivity contribution is -0.116. The van der Waals surface area contributed by atoms with Gasteiger partial charge in [-0.2, -0.15) is 9.61 Å². The first kappa shape index (κ1) is 20.5. The predicted molar refractivity (Wildman–Crippen MR) is 121 cm³/mol. The van der Waals surface area contributed by atoms with Crippen molar-refractivity contribution in [3.63, 3.8) is 0 Å². The fourth-order valence-corrected chi connectivity index (χ4v) is 3.21. The number of nitrogens with zero attached hydrogens (tertiary/aromatic N) is 4. The Kier molecular flexibility index (Phi) is 5.66. The number of rotatable bonds is 6. The number of ether oxygens (including phenoxy) is 1. The summed E-state index contributed by atoms with van der Waals surface area (Å²) >= 11 is 0. The van der Waals surface area contributed by atoms with Crippen LogP contribution in [0.3, 0.4) is 0 Å². The summed E-state index contributed by atoms with van der Waals surface area (Å²) in [6.07, 6.45) is 4.78. The Labute approximate surface area is 180 Å². The Hall–Kier alpha value is -3.74. The van der Waals surface area contributed by atoms with Crippen LogP contribution in [-0.2, 0) is 10.2 Å². The maximum Gasteiger partial charge on any atom is 0.244 e. The molecule has 1 N–H and O–H groups in total. The molecule has 7 heteroatoms. The largest absolute Gasteiger partial charge is 0.492 e. The van der Waals surface area contributed by atoms with Gasteiger partial charge in [-0.05, 0) is 29.2 Å². The van der Waals surface area contributed by atoms with Gasteiger partial charge >= 0.3 is 0 Å². The number of amides is 1. The van der Waals surface area contributed by atoms with E-state index in [-0.39, 0.29) is 11.3 Å². The summed E-state index contributed by atoms with van der Waals surface area (Å²) in [4.78, 5) is 12.1. The van der Waals surface area contributed by atoms with E-state index in [1.165, 1.54) is 11.6 Å². The molecule has 158 valence electrons. The monoisotopic (exact) mass is 415 g/mol. The number of aromatic nitrogens is 4. The standard InChI is InChI=1S/C24H25N5O2/c1-24(2,3)18-8-10-19(11-9-18)31-15-14-25-22(30)13-12-21-27-28-23-20-7-5-4-6-17(20)16-26-29(21)23/h4-13,16H,14-15H2,1-3H3,(H,25,30)/b13-12+. The van der Waals surface area contributed by atoms with Crippen molar-refractivity contribution in [3.8, 4) is 5.75 Å². The van der Waals surface area contributed by atoms with Crippen LogP contribution in [0.25, 0.3) is 22.5 Å². The molecular weight excluding hydrogens is 390 g/mol. The van der Waals surface area contributed by atoms with E-state index >= 15 is 0 Å². The zero-order chi connectivity index (χ0) is 21.8. The number of carbonyl (C=O) groups is 1. The van der Waals surface area contributed by atoms with E-state index in [0.29, 0.717) is 24.6 Å². The average Bonchev–Trinajstić information content (AvgIpc) is 3.18. The van der Waals surface area contributed by atoms with Gasteiger partial charge < -0.3 is 10.1 Å². The first-order valence-electron chi connectivity index (χ1n) is 10.2. The van der Waals surface area contributed by atoms with Crippen LogP contribution in [-0.4, -0.2) is 38.9 Å². The molecule has 0 bridgehead atoms. The van der Waals surface area contributed by atoms with E-state index < -0.39 is 0 Å². The number of hydrogen-bond acceptors (Lipinski definition) is 5. The lowest BCUT2D eigenvalue weighted by Gasteiger charge is -2.19. The van der Waals surface area contributed by atoms with Gasteiger partial charge in [0.2, 0.25) is 5.91 Å². The Morgan fingerprint density at radius 1 is 1.10 bits per heavy atom. The molecule has 0 aliphatic rings. The number of benzene rings is 2. The Bertz CT molecular complexity index is 1240. The van der Waals surface area contributed by atoms with Crippen molar-refractivity contribution >= 4 is 28.4 Å². The highest BCUT2D eigenvalue weighted by Gasteiger charge is 2.13. The molecule has 0 spiro atoms. The van der Waals surface area contributed by atoms with E-state index in [0.717, 1.165) is 16.5 Å². The summed E-state index contributed by atoms with van der Waals surface area (Å²) in [6.45, 7) is 7.30. The average molecular weight is 415 g/mol. The fraction of sp³-hybridized carbons (Fsp3) is 0.250. The number of nitrogens with one attached hydrogen (secondary N) is 1. The molecule has 2 heterocycles. The highest BCUT2D eigenvalue weighted by molar-refractivity contribution is 5.94. The van der Waals surface area contributed by atoms with E-state index in [4.69, 9.17) is 4.74 Å². The molecule has 7 nitrogen and oxygen atoms in total. The van der Waals surface area contributed by atoms with Crippen LogP contribution < -0.4 is 10.1 Å². The van der Waals surface area contributed by atoms with E-state index in [2.05, 4.69) is 53.5 Å². The second-order valence-electron chi connectivity index (χ2n) is 8.27. The number of fused-ring (bicyclic) bond motifs is 3. The summed E-state index contributed by atoms with van der Waals surface area (Å²) in [6, 6.07) is 15.9. The van der Waals surface area contributed by atoms with Gasteiger partial charge in [0.15, 0.2) is 11.5 Å². The molecular formula is C24H25N5O2. The number of carbonyl (C=O) groups excluding carboxylic acids is 1.